The average Bonchev–Trinajstić information content (AvgIpc) is 3.17. The summed E-state index contributed by atoms with van der Waals surface area (Å²) >= 11 is 5.86. The van der Waals surface area contributed by atoms with Gasteiger partial charge in [0.15, 0.2) is 6.61 Å². The summed E-state index contributed by atoms with van der Waals surface area (Å²) in [4.78, 5) is 16.8. The number of halogens is 2. The van der Waals surface area contributed by atoms with Crippen molar-refractivity contribution in [1.82, 2.24) is 9.80 Å². The minimum atomic E-state index is -0.216. The topological polar surface area (TPSA) is 32.8 Å². The van der Waals surface area contributed by atoms with E-state index in [-0.39, 0.29) is 24.4 Å². The zero-order chi connectivity index (χ0) is 19.0. The van der Waals surface area contributed by atoms with Gasteiger partial charge in [0.25, 0.3) is 5.91 Å². The van der Waals surface area contributed by atoms with E-state index < -0.39 is 0 Å². The van der Waals surface area contributed by atoms with Gasteiger partial charge in [-0.1, -0.05) is 23.7 Å². The van der Waals surface area contributed by atoms with E-state index in [4.69, 9.17) is 16.3 Å². The third-order valence-corrected chi connectivity index (χ3v) is 5.87. The van der Waals surface area contributed by atoms with Crippen LogP contribution in [0.15, 0.2) is 48.5 Å². The molecule has 2 aromatic carbocycles. The van der Waals surface area contributed by atoms with Crippen LogP contribution < -0.4 is 4.74 Å². The van der Waals surface area contributed by atoms with Crippen LogP contribution in [0.4, 0.5) is 4.39 Å². The first-order valence-corrected chi connectivity index (χ1v) is 9.51. The van der Waals surface area contributed by atoms with Gasteiger partial charge < -0.3 is 9.64 Å². The summed E-state index contributed by atoms with van der Waals surface area (Å²) in [6.07, 6.45) is 0. The van der Waals surface area contributed by atoms with E-state index in [1.807, 2.05) is 11.0 Å². The summed E-state index contributed by atoms with van der Waals surface area (Å²) in [5, 5.41) is 0.633. The average molecular weight is 389 g/mol. The van der Waals surface area contributed by atoms with Crippen molar-refractivity contribution in [3.05, 3.63) is 64.9 Å². The molecule has 0 unspecified atom stereocenters. The molecule has 27 heavy (non-hydrogen) atoms. The summed E-state index contributed by atoms with van der Waals surface area (Å²) in [5.74, 6) is 1.12. The first kappa shape index (κ1) is 18.3. The Morgan fingerprint density at radius 2 is 1.96 bits per heavy atom. The van der Waals surface area contributed by atoms with E-state index in [0.717, 1.165) is 18.7 Å². The second kappa shape index (κ2) is 7.49. The molecule has 0 spiro atoms. The number of ether oxygens (including phenoxy) is 1. The molecule has 2 aromatic rings. The fraction of sp³-hybridized carbons (Fsp3) is 0.381. The van der Waals surface area contributed by atoms with Crippen molar-refractivity contribution in [2.24, 2.45) is 11.8 Å². The van der Waals surface area contributed by atoms with E-state index in [2.05, 4.69) is 11.9 Å². The van der Waals surface area contributed by atoms with Gasteiger partial charge in [0.1, 0.15) is 11.6 Å². The summed E-state index contributed by atoms with van der Waals surface area (Å²) in [6, 6.07) is 13.9. The Kier molecular flexibility index (Phi) is 5.06. The Bertz CT molecular complexity index is 829. The maximum atomic E-state index is 13.7. The maximum absolute atomic E-state index is 13.7. The number of amides is 1. The van der Waals surface area contributed by atoms with E-state index in [1.54, 1.807) is 36.4 Å². The van der Waals surface area contributed by atoms with Crippen LogP contribution in [-0.2, 0) is 4.79 Å². The molecule has 4 rings (SSSR count). The Morgan fingerprint density at radius 1 is 1.19 bits per heavy atom. The third kappa shape index (κ3) is 3.80. The highest BCUT2D eigenvalue weighted by molar-refractivity contribution is 6.30. The number of likely N-dealkylation sites (tertiary alicyclic amines) is 2. The second-order valence-corrected chi connectivity index (χ2v) is 7.84. The fourth-order valence-electron chi connectivity index (χ4n) is 4.42. The molecule has 142 valence electrons. The minimum absolute atomic E-state index is 0.0139. The van der Waals surface area contributed by atoms with Gasteiger partial charge in [-0.05, 0) is 54.9 Å². The van der Waals surface area contributed by atoms with Crippen LogP contribution in [0.1, 0.15) is 11.6 Å². The Hall–Kier alpha value is -2.11. The number of fused-ring (bicyclic) bond motifs is 1. The molecule has 2 saturated heterocycles. The van der Waals surface area contributed by atoms with Crippen molar-refractivity contribution >= 4 is 17.5 Å². The molecule has 0 saturated carbocycles. The molecule has 0 aliphatic carbocycles. The lowest BCUT2D eigenvalue weighted by molar-refractivity contribution is -0.132. The molecule has 4 nitrogen and oxygen atoms in total. The number of rotatable bonds is 4. The van der Waals surface area contributed by atoms with Gasteiger partial charge in [-0.2, -0.15) is 0 Å². The maximum Gasteiger partial charge on any atom is 0.260 e. The Labute approximate surface area is 163 Å². The molecule has 2 fully saturated rings. The third-order valence-electron chi connectivity index (χ3n) is 5.61. The summed E-state index contributed by atoms with van der Waals surface area (Å²) in [7, 11) is 2.07. The lowest BCUT2D eigenvalue weighted by Crippen LogP contribution is -2.36. The highest BCUT2D eigenvalue weighted by atomic mass is 35.5. The highest BCUT2D eigenvalue weighted by Crippen LogP contribution is 2.44. The highest BCUT2D eigenvalue weighted by Gasteiger charge is 2.47. The van der Waals surface area contributed by atoms with Gasteiger partial charge in [0.05, 0.1) is 0 Å². The Morgan fingerprint density at radius 3 is 2.70 bits per heavy atom. The number of benzene rings is 2. The van der Waals surface area contributed by atoms with Gasteiger partial charge in [-0.15, -0.1) is 0 Å². The van der Waals surface area contributed by atoms with Crippen molar-refractivity contribution < 1.29 is 13.9 Å². The quantitative estimate of drug-likeness (QED) is 0.802. The lowest BCUT2D eigenvalue weighted by Gasteiger charge is -2.27. The number of hydrogen-bond donors (Lipinski definition) is 0. The van der Waals surface area contributed by atoms with Crippen LogP contribution in [0.25, 0.3) is 0 Å². The van der Waals surface area contributed by atoms with Crippen LogP contribution in [-0.4, -0.2) is 49.0 Å². The van der Waals surface area contributed by atoms with Crippen LogP contribution in [0.5, 0.6) is 5.75 Å². The van der Waals surface area contributed by atoms with E-state index in [0.29, 0.717) is 29.2 Å². The predicted molar refractivity (Wildman–Crippen MR) is 102 cm³/mol. The van der Waals surface area contributed by atoms with Gasteiger partial charge in [-0.3, -0.25) is 9.69 Å². The number of hydrogen-bond acceptors (Lipinski definition) is 3. The zero-order valence-corrected chi connectivity index (χ0v) is 15.9. The van der Waals surface area contributed by atoms with Crippen molar-refractivity contribution in [2.75, 3.05) is 33.3 Å². The van der Waals surface area contributed by atoms with Crippen molar-refractivity contribution in [3.63, 3.8) is 0 Å². The van der Waals surface area contributed by atoms with Gasteiger partial charge in [0.2, 0.25) is 0 Å². The van der Waals surface area contributed by atoms with Crippen molar-refractivity contribution in [1.29, 1.82) is 0 Å². The van der Waals surface area contributed by atoms with E-state index >= 15 is 0 Å². The van der Waals surface area contributed by atoms with Gasteiger partial charge >= 0.3 is 0 Å². The molecule has 2 heterocycles. The smallest absolute Gasteiger partial charge is 0.260 e. The molecule has 0 aromatic heterocycles. The summed E-state index contributed by atoms with van der Waals surface area (Å²) in [6.45, 7) is 2.33. The first-order chi connectivity index (χ1) is 13.0. The van der Waals surface area contributed by atoms with E-state index in [1.165, 1.54) is 6.07 Å². The molecular weight excluding hydrogens is 367 g/mol. The Balaban J connectivity index is 1.40. The SMILES string of the molecule is CN1C[C@H]2CN(C(=O)COc3ccc(Cl)cc3)C[C@H]2[C@@H]1c1cccc(F)c1. The normalized spacial score (nSPS) is 24.9. The fourth-order valence-corrected chi connectivity index (χ4v) is 4.55. The number of carbonyl (C=O) groups excluding carboxylic acids is 1. The number of nitrogens with zero attached hydrogens (tertiary/aromatic N) is 2. The van der Waals surface area contributed by atoms with Crippen LogP contribution in [0, 0.1) is 17.7 Å². The molecule has 2 aliphatic rings. The van der Waals surface area contributed by atoms with Crippen LogP contribution >= 0.6 is 11.6 Å². The molecule has 1 amide bonds. The molecule has 2 aliphatic heterocycles. The minimum Gasteiger partial charge on any atom is -0.484 e. The zero-order valence-electron chi connectivity index (χ0n) is 15.1. The largest absolute Gasteiger partial charge is 0.484 e. The number of carbonyl (C=O) groups is 1. The van der Waals surface area contributed by atoms with Crippen LogP contribution in [0.3, 0.4) is 0 Å². The lowest BCUT2D eigenvalue weighted by atomic mass is 9.89. The van der Waals surface area contributed by atoms with Crippen molar-refractivity contribution in [3.8, 4) is 5.75 Å². The standard InChI is InChI=1S/C21H22ClFN2O2/c1-24-10-15-11-25(20(26)13-27-18-7-5-16(22)6-8-18)12-19(15)21(24)14-3-2-4-17(23)9-14/h2-9,15,19,21H,10-13H2,1H3/t15-,19+,21-/m0/s1. The van der Waals surface area contributed by atoms with Gasteiger partial charge in [-0.25, -0.2) is 4.39 Å². The predicted octanol–water partition coefficient (Wildman–Crippen LogP) is 3.62. The first-order valence-electron chi connectivity index (χ1n) is 9.13. The van der Waals surface area contributed by atoms with E-state index in [9.17, 15) is 9.18 Å². The molecular formula is C21H22ClFN2O2. The summed E-state index contributed by atoms with van der Waals surface area (Å²) in [5.41, 5.74) is 0.983. The van der Waals surface area contributed by atoms with Crippen molar-refractivity contribution in [2.45, 2.75) is 6.04 Å². The molecule has 0 radical (unpaired) electrons. The molecule has 0 N–H and O–H groups in total. The van der Waals surface area contributed by atoms with Gasteiger partial charge in [0, 0.05) is 36.6 Å². The summed E-state index contributed by atoms with van der Waals surface area (Å²) < 4.78 is 19.3. The monoisotopic (exact) mass is 388 g/mol. The second-order valence-electron chi connectivity index (χ2n) is 7.40. The molecule has 0 bridgehead atoms. The van der Waals surface area contributed by atoms with Crippen LogP contribution in [0.2, 0.25) is 5.02 Å². The molecule has 6 heteroatoms. The molecule has 3 atom stereocenters.